The number of aromatic nitrogens is 3. The third kappa shape index (κ3) is 2.88. The van der Waals surface area contributed by atoms with Crippen LogP contribution >= 0.6 is 0 Å². The summed E-state index contributed by atoms with van der Waals surface area (Å²) in [7, 11) is 0. The van der Waals surface area contributed by atoms with Crippen LogP contribution in [0, 0.1) is 0 Å². The molecular formula is C19H16N4O4. The largest absolute Gasteiger partial charge is 0.459 e. The molecule has 1 aromatic carbocycles. The van der Waals surface area contributed by atoms with Crippen LogP contribution in [0.1, 0.15) is 23.9 Å². The Kier molecular flexibility index (Phi) is 3.74. The van der Waals surface area contributed by atoms with Gasteiger partial charge in [-0.15, -0.1) is 0 Å². The predicted octanol–water partition coefficient (Wildman–Crippen LogP) is 3.03. The van der Waals surface area contributed by atoms with Crippen LogP contribution in [0.4, 0.5) is 0 Å². The monoisotopic (exact) mass is 364 g/mol. The molecule has 4 aromatic rings. The summed E-state index contributed by atoms with van der Waals surface area (Å²) in [4.78, 5) is 18.9. The summed E-state index contributed by atoms with van der Waals surface area (Å²) in [5, 5.41) is 8.97. The molecule has 3 aromatic heterocycles. The van der Waals surface area contributed by atoms with Crippen molar-refractivity contribution in [1.82, 2.24) is 20.2 Å². The van der Waals surface area contributed by atoms with Crippen LogP contribution < -0.4 is 0 Å². The van der Waals surface area contributed by atoms with Gasteiger partial charge in [-0.1, -0.05) is 22.4 Å². The van der Waals surface area contributed by atoms with E-state index in [1.807, 2.05) is 29.2 Å². The second-order valence-electron chi connectivity index (χ2n) is 6.56. The summed E-state index contributed by atoms with van der Waals surface area (Å²) >= 11 is 0. The average Bonchev–Trinajstić information content (AvgIpc) is 3.47. The fourth-order valence-corrected chi connectivity index (χ4v) is 3.42. The van der Waals surface area contributed by atoms with Crippen molar-refractivity contribution in [3.63, 3.8) is 0 Å². The van der Waals surface area contributed by atoms with Crippen molar-refractivity contribution in [2.45, 2.75) is 18.8 Å². The minimum atomic E-state index is 0.0197. The Labute approximate surface area is 153 Å². The van der Waals surface area contributed by atoms with Gasteiger partial charge in [-0.25, -0.2) is 0 Å². The second-order valence-corrected chi connectivity index (χ2v) is 6.56. The van der Waals surface area contributed by atoms with E-state index in [1.54, 1.807) is 18.4 Å². The first kappa shape index (κ1) is 15.8. The molecule has 1 atom stereocenters. The van der Waals surface area contributed by atoms with Crippen LogP contribution in [0.15, 0.2) is 56.1 Å². The average molecular weight is 364 g/mol. The first-order chi connectivity index (χ1) is 13.3. The minimum Gasteiger partial charge on any atom is -0.459 e. The van der Waals surface area contributed by atoms with Gasteiger partial charge in [0, 0.05) is 24.4 Å². The Morgan fingerprint density at radius 1 is 1.15 bits per heavy atom. The molecule has 0 saturated carbocycles. The molecule has 0 spiro atoms. The highest BCUT2D eigenvalue weighted by atomic mass is 16.5. The normalized spacial score (nSPS) is 17.0. The molecule has 1 aliphatic heterocycles. The van der Waals surface area contributed by atoms with Gasteiger partial charge in [-0.2, -0.15) is 4.98 Å². The molecule has 0 N–H and O–H groups in total. The second kappa shape index (κ2) is 6.39. The van der Waals surface area contributed by atoms with Gasteiger partial charge in [0.2, 0.25) is 5.91 Å². The lowest BCUT2D eigenvalue weighted by atomic mass is 10.1. The fraction of sp³-hybridized carbons (Fsp3) is 0.263. The Morgan fingerprint density at radius 3 is 2.96 bits per heavy atom. The van der Waals surface area contributed by atoms with Gasteiger partial charge < -0.3 is 18.4 Å². The summed E-state index contributed by atoms with van der Waals surface area (Å²) in [6, 6.07) is 11.1. The van der Waals surface area contributed by atoms with Crippen LogP contribution in [0.25, 0.3) is 22.6 Å². The number of rotatable bonds is 4. The van der Waals surface area contributed by atoms with Crippen LogP contribution in [-0.2, 0) is 11.2 Å². The molecule has 8 nitrogen and oxygen atoms in total. The summed E-state index contributed by atoms with van der Waals surface area (Å²) in [5.74, 6) is 1.57. The quantitative estimate of drug-likeness (QED) is 0.549. The van der Waals surface area contributed by atoms with Crippen molar-refractivity contribution in [2.75, 3.05) is 13.1 Å². The van der Waals surface area contributed by atoms with Crippen molar-refractivity contribution >= 4 is 16.9 Å². The highest BCUT2D eigenvalue weighted by Crippen LogP contribution is 2.28. The molecule has 27 heavy (non-hydrogen) atoms. The van der Waals surface area contributed by atoms with Gasteiger partial charge in [-0.3, -0.25) is 4.79 Å². The molecule has 0 aliphatic carbocycles. The standard InChI is InChI=1S/C19H16N4O4/c24-17(10-14-13-4-1-2-5-15(13)26-21-14)23-8-7-12(11-23)18-20-19(27-22-18)16-6-3-9-25-16/h1-6,9,12H,7-8,10-11H2/t12-/m1/s1. The number of furan rings is 1. The number of nitrogens with zero attached hydrogens (tertiary/aromatic N) is 4. The number of benzene rings is 1. The maximum atomic E-state index is 12.7. The van der Waals surface area contributed by atoms with Gasteiger partial charge >= 0.3 is 0 Å². The number of hydrogen-bond acceptors (Lipinski definition) is 7. The third-order valence-corrected chi connectivity index (χ3v) is 4.85. The van der Waals surface area contributed by atoms with Crippen molar-refractivity contribution in [2.24, 2.45) is 0 Å². The van der Waals surface area contributed by atoms with Gasteiger partial charge in [0.15, 0.2) is 17.2 Å². The van der Waals surface area contributed by atoms with E-state index in [0.717, 1.165) is 11.8 Å². The summed E-state index contributed by atoms with van der Waals surface area (Å²) < 4.78 is 15.8. The topological polar surface area (TPSA) is 98.4 Å². The molecule has 0 unspecified atom stereocenters. The molecule has 5 rings (SSSR count). The minimum absolute atomic E-state index is 0.0197. The molecule has 1 fully saturated rings. The van der Waals surface area contributed by atoms with Crippen LogP contribution in [0.5, 0.6) is 0 Å². The molecule has 136 valence electrons. The van der Waals surface area contributed by atoms with E-state index in [2.05, 4.69) is 15.3 Å². The molecule has 4 heterocycles. The lowest BCUT2D eigenvalue weighted by Gasteiger charge is -2.15. The Balaban J connectivity index is 1.27. The zero-order valence-electron chi connectivity index (χ0n) is 14.4. The summed E-state index contributed by atoms with van der Waals surface area (Å²) in [5.41, 5.74) is 1.36. The van der Waals surface area contributed by atoms with Crippen molar-refractivity contribution in [3.05, 3.63) is 54.2 Å². The Bertz CT molecular complexity index is 1080. The van der Waals surface area contributed by atoms with E-state index in [-0.39, 0.29) is 18.2 Å². The number of amides is 1. The number of carbonyl (C=O) groups is 1. The van der Waals surface area contributed by atoms with Gasteiger partial charge in [0.05, 0.1) is 12.7 Å². The molecule has 8 heteroatoms. The molecule has 1 aliphatic rings. The molecule has 1 saturated heterocycles. The van der Waals surface area contributed by atoms with Crippen LogP contribution in [-0.4, -0.2) is 39.2 Å². The fourth-order valence-electron chi connectivity index (χ4n) is 3.42. The smallest absolute Gasteiger partial charge is 0.293 e. The molecular weight excluding hydrogens is 348 g/mol. The number of fused-ring (bicyclic) bond motifs is 1. The molecule has 1 amide bonds. The van der Waals surface area contributed by atoms with Gasteiger partial charge in [-0.05, 0) is 30.7 Å². The van der Waals surface area contributed by atoms with E-state index >= 15 is 0 Å². The van der Waals surface area contributed by atoms with Crippen molar-refractivity contribution < 1.29 is 18.3 Å². The number of likely N-dealkylation sites (tertiary alicyclic amines) is 1. The lowest BCUT2D eigenvalue weighted by molar-refractivity contribution is -0.129. The highest BCUT2D eigenvalue weighted by molar-refractivity contribution is 5.86. The van der Waals surface area contributed by atoms with Crippen LogP contribution in [0.3, 0.4) is 0 Å². The van der Waals surface area contributed by atoms with Crippen molar-refractivity contribution in [1.29, 1.82) is 0 Å². The summed E-state index contributed by atoms with van der Waals surface area (Å²) in [6.45, 7) is 1.22. The SMILES string of the molecule is O=C(Cc1noc2ccccc12)N1CC[C@@H](c2noc(-c3ccco3)n2)C1. The third-order valence-electron chi connectivity index (χ3n) is 4.85. The predicted molar refractivity (Wildman–Crippen MR) is 93.7 cm³/mol. The van der Waals surface area contributed by atoms with E-state index < -0.39 is 0 Å². The zero-order valence-corrected chi connectivity index (χ0v) is 14.4. The maximum Gasteiger partial charge on any atom is 0.293 e. The maximum absolute atomic E-state index is 12.7. The van der Waals surface area contributed by atoms with E-state index in [4.69, 9.17) is 13.5 Å². The number of carbonyl (C=O) groups excluding carboxylic acids is 1. The number of hydrogen-bond donors (Lipinski definition) is 0. The Hall–Kier alpha value is -3.42. The first-order valence-corrected chi connectivity index (χ1v) is 8.76. The van der Waals surface area contributed by atoms with E-state index in [9.17, 15) is 4.79 Å². The molecule has 0 bridgehead atoms. The lowest BCUT2D eigenvalue weighted by Crippen LogP contribution is -2.30. The summed E-state index contributed by atoms with van der Waals surface area (Å²) in [6.07, 6.45) is 2.57. The van der Waals surface area contributed by atoms with Gasteiger partial charge in [0.1, 0.15) is 5.69 Å². The van der Waals surface area contributed by atoms with E-state index in [1.165, 1.54) is 0 Å². The number of para-hydroxylation sites is 1. The van der Waals surface area contributed by atoms with Crippen molar-refractivity contribution in [3.8, 4) is 11.7 Å². The highest BCUT2D eigenvalue weighted by Gasteiger charge is 2.31. The van der Waals surface area contributed by atoms with E-state index in [0.29, 0.717) is 41.8 Å². The Morgan fingerprint density at radius 2 is 2.07 bits per heavy atom. The van der Waals surface area contributed by atoms with Gasteiger partial charge in [0.25, 0.3) is 5.89 Å². The zero-order chi connectivity index (χ0) is 18.2. The first-order valence-electron chi connectivity index (χ1n) is 8.76. The molecule has 0 radical (unpaired) electrons. The van der Waals surface area contributed by atoms with Crippen LogP contribution in [0.2, 0.25) is 0 Å².